The quantitative estimate of drug-likeness (QED) is 0.792. The minimum atomic E-state index is -0.0543. The second-order valence-electron chi connectivity index (χ2n) is 5.01. The Morgan fingerprint density at radius 1 is 1.33 bits per heavy atom. The van der Waals surface area contributed by atoms with Gasteiger partial charge in [-0.2, -0.15) is 5.10 Å². The minimum Gasteiger partial charge on any atom is -0.331 e. The summed E-state index contributed by atoms with van der Waals surface area (Å²) in [5, 5.41) is 5.18. The van der Waals surface area contributed by atoms with Crippen molar-refractivity contribution in [1.29, 1.82) is 0 Å². The van der Waals surface area contributed by atoms with Crippen LogP contribution in [0.4, 0.5) is 0 Å². The fourth-order valence-corrected chi connectivity index (χ4v) is 2.46. The van der Waals surface area contributed by atoms with E-state index in [2.05, 4.69) is 23.2 Å². The fraction of sp³-hybridized carbons (Fsp3) is 0.312. The van der Waals surface area contributed by atoms with Crippen LogP contribution < -0.4 is 0 Å². The second-order valence-corrected chi connectivity index (χ2v) is 5.01. The van der Waals surface area contributed by atoms with Crippen molar-refractivity contribution in [2.75, 3.05) is 13.1 Å². The summed E-state index contributed by atoms with van der Waals surface area (Å²) in [5.41, 5.74) is 2.96. The van der Waals surface area contributed by atoms with Crippen molar-refractivity contribution < 1.29 is 4.79 Å². The summed E-state index contributed by atoms with van der Waals surface area (Å²) in [6.45, 7) is 12.1. The third kappa shape index (κ3) is 2.72. The molecule has 0 aliphatic heterocycles. The molecule has 5 heteroatoms. The molecule has 0 fully saturated rings. The molecule has 21 heavy (non-hydrogen) atoms. The average Bonchev–Trinajstić information content (AvgIpc) is 2.72. The molecule has 0 unspecified atom stereocenters. The summed E-state index contributed by atoms with van der Waals surface area (Å²) in [6.07, 6.45) is 3.42. The van der Waals surface area contributed by atoms with Crippen molar-refractivity contribution in [3.63, 3.8) is 0 Å². The molecule has 5 nitrogen and oxygen atoms in total. The van der Waals surface area contributed by atoms with E-state index in [1.807, 2.05) is 27.0 Å². The zero-order chi connectivity index (χ0) is 15.6. The molecule has 2 aromatic heterocycles. The van der Waals surface area contributed by atoms with E-state index in [0.717, 1.165) is 22.4 Å². The highest BCUT2D eigenvalue weighted by atomic mass is 16.2. The molecule has 0 bridgehead atoms. The first-order chi connectivity index (χ1) is 9.99. The van der Waals surface area contributed by atoms with E-state index in [4.69, 9.17) is 0 Å². The summed E-state index contributed by atoms with van der Waals surface area (Å²) >= 11 is 0. The van der Waals surface area contributed by atoms with Crippen LogP contribution in [0.25, 0.3) is 11.0 Å². The maximum Gasteiger partial charge on any atom is 0.255 e. The van der Waals surface area contributed by atoms with Gasteiger partial charge < -0.3 is 4.90 Å². The van der Waals surface area contributed by atoms with E-state index >= 15 is 0 Å². The number of carbonyl (C=O) groups excluding carboxylic acids is 1. The zero-order valence-corrected chi connectivity index (χ0v) is 12.8. The van der Waals surface area contributed by atoms with Crippen LogP contribution in [-0.4, -0.2) is 38.7 Å². The molecular weight excluding hydrogens is 264 g/mol. The molecule has 0 aromatic carbocycles. The van der Waals surface area contributed by atoms with Crippen molar-refractivity contribution in [2.45, 2.75) is 13.8 Å². The minimum absolute atomic E-state index is 0.0543. The van der Waals surface area contributed by atoms with Crippen LogP contribution in [-0.2, 0) is 7.05 Å². The molecule has 2 aromatic rings. The fourth-order valence-electron chi connectivity index (χ4n) is 2.46. The molecule has 0 spiro atoms. The first-order valence-corrected chi connectivity index (χ1v) is 6.81. The molecule has 1 amide bonds. The highest BCUT2D eigenvalue weighted by Gasteiger charge is 2.21. The van der Waals surface area contributed by atoms with Crippen molar-refractivity contribution in [3.8, 4) is 0 Å². The number of amides is 1. The van der Waals surface area contributed by atoms with E-state index in [9.17, 15) is 4.79 Å². The van der Waals surface area contributed by atoms with Gasteiger partial charge in [0.1, 0.15) is 0 Å². The first kappa shape index (κ1) is 15.0. The maximum absolute atomic E-state index is 12.8. The number of fused-ring (bicyclic) bond motifs is 1. The number of nitrogens with zero attached hydrogens (tertiary/aromatic N) is 4. The largest absolute Gasteiger partial charge is 0.331 e. The van der Waals surface area contributed by atoms with Gasteiger partial charge in [-0.1, -0.05) is 12.2 Å². The average molecular weight is 284 g/mol. The molecule has 2 rings (SSSR count). The molecule has 0 aliphatic carbocycles. The number of aryl methyl sites for hydroxylation is 3. The van der Waals surface area contributed by atoms with Gasteiger partial charge in [0, 0.05) is 25.8 Å². The lowest BCUT2D eigenvalue weighted by Gasteiger charge is -2.20. The third-order valence-electron chi connectivity index (χ3n) is 3.31. The number of hydrogen-bond donors (Lipinski definition) is 0. The Morgan fingerprint density at radius 2 is 1.95 bits per heavy atom. The van der Waals surface area contributed by atoms with E-state index in [0.29, 0.717) is 18.7 Å². The van der Waals surface area contributed by atoms with E-state index in [1.54, 1.807) is 21.7 Å². The lowest BCUT2D eigenvalue weighted by Crippen LogP contribution is -2.31. The van der Waals surface area contributed by atoms with Crippen LogP contribution in [0.3, 0.4) is 0 Å². The zero-order valence-electron chi connectivity index (χ0n) is 12.8. The smallest absolute Gasteiger partial charge is 0.255 e. The Morgan fingerprint density at radius 3 is 2.52 bits per heavy atom. The highest BCUT2D eigenvalue weighted by molar-refractivity contribution is 6.06. The van der Waals surface area contributed by atoms with Crippen LogP contribution in [0.15, 0.2) is 31.4 Å². The standard InChI is InChI=1S/C16H20N4O/c1-6-8-20(9-7-2)16(21)13-10-11(3)17-15-14(13)12(4)18-19(15)5/h6-7,10H,1-2,8-9H2,3-5H3. The Labute approximate surface area is 124 Å². The molecule has 110 valence electrons. The van der Waals surface area contributed by atoms with Crippen LogP contribution in [0.2, 0.25) is 0 Å². The van der Waals surface area contributed by atoms with Gasteiger partial charge in [0.15, 0.2) is 5.65 Å². The van der Waals surface area contributed by atoms with E-state index in [1.165, 1.54) is 0 Å². The Hall–Kier alpha value is -2.43. The number of hydrogen-bond acceptors (Lipinski definition) is 3. The topological polar surface area (TPSA) is 51.0 Å². The van der Waals surface area contributed by atoms with Gasteiger partial charge in [-0.25, -0.2) is 4.98 Å². The number of rotatable bonds is 5. The van der Waals surface area contributed by atoms with Gasteiger partial charge >= 0.3 is 0 Å². The summed E-state index contributed by atoms with van der Waals surface area (Å²) in [7, 11) is 1.83. The monoisotopic (exact) mass is 284 g/mol. The first-order valence-electron chi connectivity index (χ1n) is 6.81. The molecule has 0 N–H and O–H groups in total. The molecule has 0 saturated carbocycles. The third-order valence-corrected chi connectivity index (χ3v) is 3.31. The summed E-state index contributed by atoms with van der Waals surface area (Å²) in [4.78, 5) is 19.0. The Kier molecular flexibility index (Phi) is 4.21. The van der Waals surface area contributed by atoms with Gasteiger partial charge in [-0.15, -0.1) is 13.2 Å². The Bertz CT molecular complexity index is 705. The van der Waals surface area contributed by atoms with Gasteiger partial charge in [-0.3, -0.25) is 9.48 Å². The summed E-state index contributed by atoms with van der Waals surface area (Å²) in [5.74, 6) is -0.0543. The molecular formula is C16H20N4O. The van der Waals surface area contributed by atoms with E-state index < -0.39 is 0 Å². The molecule has 0 saturated heterocycles. The second kappa shape index (κ2) is 5.91. The van der Waals surface area contributed by atoms with Gasteiger partial charge in [0.05, 0.1) is 16.6 Å². The number of aromatic nitrogens is 3. The van der Waals surface area contributed by atoms with Crippen LogP contribution in [0.1, 0.15) is 21.7 Å². The summed E-state index contributed by atoms with van der Waals surface area (Å²) in [6, 6.07) is 1.82. The normalized spacial score (nSPS) is 10.6. The van der Waals surface area contributed by atoms with Crippen molar-refractivity contribution in [3.05, 3.63) is 48.3 Å². The van der Waals surface area contributed by atoms with Gasteiger partial charge in [0.2, 0.25) is 0 Å². The highest BCUT2D eigenvalue weighted by Crippen LogP contribution is 2.23. The van der Waals surface area contributed by atoms with Crippen LogP contribution >= 0.6 is 0 Å². The predicted octanol–water partition coefficient (Wildman–Crippen LogP) is 2.40. The molecule has 0 aliphatic rings. The van der Waals surface area contributed by atoms with E-state index in [-0.39, 0.29) is 5.91 Å². The lowest BCUT2D eigenvalue weighted by atomic mass is 10.1. The Balaban J connectivity index is 2.61. The van der Waals surface area contributed by atoms with Gasteiger partial charge in [0.25, 0.3) is 5.91 Å². The predicted molar refractivity (Wildman–Crippen MR) is 84.3 cm³/mol. The number of carbonyl (C=O) groups is 1. The molecule has 0 radical (unpaired) electrons. The van der Waals surface area contributed by atoms with Crippen molar-refractivity contribution >= 4 is 16.9 Å². The SMILES string of the molecule is C=CCN(CC=C)C(=O)c1cc(C)nc2c1c(C)nn2C. The van der Waals surface area contributed by atoms with Crippen molar-refractivity contribution in [2.24, 2.45) is 7.05 Å². The van der Waals surface area contributed by atoms with Crippen molar-refractivity contribution in [1.82, 2.24) is 19.7 Å². The van der Waals surface area contributed by atoms with Crippen LogP contribution in [0.5, 0.6) is 0 Å². The molecule has 0 atom stereocenters. The van der Waals surface area contributed by atoms with Crippen LogP contribution in [0, 0.1) is 13.8 Å². The van der Waals surface area contributed by atoms with Gasteiger partial charge in [-0.05, 0) is 19.9 Å². The lowest BCUT2D eigenvalue weighted by molar-refractivity contribution is 0.0792. The number of pyridine rings is 1. The summed E-state index contributed by atoms with van der Waals surface area (Å²) < 4.78 is 1.71. The maximum atomic E-state index is 12.8. The molecule has 2 heterocycles.